The van der Waals surface area contributed by atoms with E-state index in [9.17, 15) is 9.59 Å². The second kappa shape index (κ2) is 8.75. The Balaban J connectivity index is 1.62. The molecular weight excluding hydrogens is 392 g/mol. The molecule has 7 heteroatoms. The second-order valence-corrected chi connectivity index (χ2v) is 8.84. The van der Waals surface area contributed by atoms with Crippen LogP contribution in [0.2, 0.25) is 0 Å². The molecule has 2 fully saturated rings. The third-order valence-corrected chi connectivity index (χ3v) is 6.84. The molecule has 3 unspecified atom stereocenters. The first-order valence-corrected chi connectivity index (χ1v) is 11.1. The van der Waals surface area contributed by atoms with Gasteiger partial charge < -0.3 is 25.3 Å². The fraction of sp³-hybridized carbons (Fsp3) is 0.500. The first-order valence-electron chi connectivity index (χ1n) is 11.1. The van der Waals surface area contributed by atoms with Gasteiger partial charge in [-0.2, -0.15) is 0 Å². The highest BCUT2D eigenvalue weighted by Gasteiger charge is 2.46. The number of hydrogen-bond acceptors (Lipinski definition) is 5. The number of hydrogen-bond donors (Lipinski definition) is 2. The molecule has 0 radical (unpaired) electrons. The van der Waals surface area contributed by atoms with Crippen molar-refractivity contribution >= 4 is 17.5 Å². The standard InChI is InChI=1S/C24H32N4O3/c1-15-14-27(24(30)23-5-4-10-31-23)22-12-18(8-9-21(22)28(15)16(2)29)17-6-7-19(13-26-3)20(25)11-17/h4-7,10-11,15,18,21-22,26H,8-9,12-14,25H2,1-3H3/t15-,18?,21?,22?/m0/s1. The number of piperazine rings is 1. The molecule has 0 bridgehead atoms. The first kappa shape index (κ1) is 21.4. The van der Waals surface area contributed by atoms with Gasteiger partial charge in [-0.25, -0.2) is 0 Å². The predicted molar refractivity (Wildman–Crippen MR) is 120 cm³/mol. The Kier molecular flexibility index (Phi) is 6.05. The summed E-state index contributed by atoms with van der Waals surface area (Å²) in [5.41, 5.74) is 9.38. The van der Waals surface area contributed by atoms with Crippen LogP contribution in [0, 0.1) is 0 Å². The van der Waals surface area contributed by atoms with Crippen molar-refractivity contribution in [3.05, 3.63) is 53.5 Å². The molecule has 4 rings (SSSR count). The summed E-state index contributed by atoms with van der Waals surface area (Å²) < 4.78 is 5.41. The summed E-state index contributed by atoms with van der Waals surface area (Å²) in [5.74, 6) is 0.623. The molecule has 1 aliphatic heterocycles. The van der Waals surface area contributed by atoms with Gasteiger partial charge in [0.05, 0.1) is 18.3 Å². The lowest BCUT2D eigenvalue weighted by Gasteiger charge is -2.53. The van der Waals surface area contributed by atoms with Crippen LogP contribution in [-0.2, 0) is 11.3 Å². The summed E-state index contributed by atoms with van der Waals surface area (Å²) in [4.78, 5) is 29.6. The minimum Gasteiger partial charge on any atom is -0.459 e. The van der Waals surface area contributed by atoms with E-state index in [4.69, 9.17) is 10.2 Å². The Morgan fingerprint density at radius 3 is 2.68 bits per heavy atom. The molecule has 31 heavy (non-hydrogen) atoms. The zero-order valence-electron chi connectivity index (χ0n) is 18.5. The number of anilines is 1. The van der Waals surface area contributed by atoms with E-state index in [0.29, 0.717) is 18.2 Å². The van der Waals surface area contributed by atoms with E-state index in [2.05, 4.69) is 23.5 Å². The van der Waals surface area contributed by atoms with Crippen LogP contribution in [0.5, 0.6) is 0 Å². The summed E-state index contributed by atoms with van der Waals surface area (Å²) in [5, 5.41) is 3.14. The number of nitrogens with two attached hydrogens (primary N) is 1. The van der Waals surface area contributed by atoms with Gasteiger partial charge in [-0.15, -0.1) is 0 Å². The van der Waals surface area contributed by atoms with E-state index < -0.39 is 0 Å². The third-order valence-electron chi connectivity index (χ3n) is 6.84. The number of rotatable bonds is 4. The van der Waals surface area contributed by atoms with Gasteiger partial charge in [0, 0.05) is 31.7 Å². The van der Waals surface area contributed by atoms with Crippen molar-refractivity contribution in [2.75, 3.05) is 19.3 Å². The number of benzene rings is 1. The smallest absolute Gasteiger partial charge is 0.289 e. The number of nitrogen functional groups attached to an aromatic ring is 1. The monoisotopic (exact) mass is 424 g/mol. The Labute approximate surface area is 183 Å². The van der Waals surface area contributed by atoms with Crippen LogP contribution in [-0.4, -0.2) is 53.3 Å². The van der Waals surface area contributed by atoms with Gasteiger partial charge >= 0.3 is 0 Å². The average molecular weight is 425 g/mol. The number of furan rings is 1. The average Bonchev–Trinajstić information content (AvgIpc) is 3.28. The molecule has 2 aliphatic rings. The molecule has 1 aliphatic carbocycles. The zero-order valence-corrected chi connectivity index (χ0v) is 18.5. The summed E-state index contributed by atoms with van der Waals surface area (Å²) in [6.07, 6.45) is 4.15. The molecule has 1 saturated carbocycles. The van der Waals surface area contributed by atoms with Crippen LogP contribution in [0.4, 0.5) is 5.69 Å². The Morgan fingerprint density at radius 2 is 2.03 bits per heavy atom. The molecule has 3 N–H and O–H groups in total. The molecule has 2 aromatic rings. The van der Waals surface area contributed by atoms with Crippen molar-refractivity contribution < 1.29 is 14.0 Å². The van der Waals surface area contributed by atoms with Crippen molar-refractivity contribution in [1.29, 1.82) is 0 Å². The summed E-state index contributed by atoms with van der Waals surface area (Å²) in [6, 6.07) is 9.72. The summed E-state index contributed by atoms with van der Waals surface area (Å²) >= 11 is 0. The van der Waals surface area contributed by atoms with Crippen molar-refractivity contribution in [3.8, 4) is 0 Å². The van der Waals surface area contributed by atoms with Gasteiger partial charge in [-0.1, -0.05) is 12.1 Å². The molecule has 4 atom stereocenters. The van der Waals surface area contributed by atoms with Gasteiger partial charge in [0.15, 0.2) is 5.76 Å². The number of amides is 2. The first-order chi connectivity index (χ1) is 14.9. The fourth-order valence-corrected chi connectivity index (χ4v) is 5.47. The van der Waals surface area contributed by atoms with Gasteiger partial charge in [0.1, 0.15) is 0 Å². The molecule has 2 heterocycles. The normalized spacial score (nSPS) is 25.9. The lowest BCUT2D eigenvalue weighted by Crippen LogP contribution is -2.66. The van der Waals surface area contributed by atoms with E-state index in [-0.39, 0.29) is 29.9 Å². The van der Waals surface area contributed by atoms with Gasteiger partial charge in [-0.05, 0) is 68.5 Å². The largest absolute Gasteiger partial charge is 0.459 e. The van der Waals surface area contributed by atoms with Crippen LogP contribution in [0.25, 0.3) is 0 Å². The van der Waals surface area contributed by atoms with E-state index in [1.54, 1.807) is 19.1 Å². The van der Waals surface area contributed by atoms with E-state index in [1.807, 2.05) is 23.8 Å². The van der Waals surface area contributed by atoms with Gasteiger partial charge in [-0.3, -0.25) is 9.59 Å². The minimum absolute atomic E-state index is 0.0225. The maximum absolute atomic E-state index is 13.3. The lowest BCUT2D eigenvalue weighted by atomic mass is 9.75. The second-order valence-electron chi connectivity index (χ2n) is 8.84. The molecular formula is C24H32N4O3. The van der Waals surface area contributed by atoms with Crippen LogP contribution in [0.15, 0.2) is 41.0 Å². The third kappa shape index (κ3) is 4.06. The fourth-order valence-electron chi connectivity index (χ4n) is 5.47. The van der Waals surface area contributed by atoms with Crippen LogP contribution in [0.1, 0.15) is 60.7 Å². The number of carbonyl (C=O) groups is 2. The predicted octanol–water partition coefficient (Wildman–Crippen LogP) is 2.98. The Morgan fingerprint density at radius 1 is 1.23 bits per heavy atom. The van der Waals surface area contributed by atoms with Crippen molar-refractivity contribution in [3.63, 3.8) is 0 Å². The Bertz CT molecular complexity index is 942. The van der Waals surface area contributed by atoms with E-state index in [1.165, 1.54) is 11.8 Å². The molecule has 0 spiro atoms. The molecule has 1 aromatic carbocycles. The van der Waals surface area contributed by atoms with E-state index in [0.717, 1.165) is 37.1 Å². The summed E-state index contributed by atoms with van der Waals surface area (Å²) in [6.45, 7) is 4.90. The molecule has 2 amide bonds. The SMILES string of the molecule is CNCc1ccc(C2CCC3C(C2)N(C(=O)c2ccco2)C[C@H](C)N3C(C)=O)cc1N. The maximum Gasteiger partial charge on any atom is 0.289 e. The van der Waals surface area contributed by atoms with Crippen molar-refractivity contribution in [1.82, 2.24) is 15.1 Å². The topological polar surface area (TPSA) is 91.8 Å². The van der Waals surface area contributed by atoms with Gasteiger partial charge in [0.2, 0.25) is 5.91 Å². The number of nitrogens with zero attached hydrogens (tertiary/aromatic N) is 2. The number of carbonyl (C=O) groups excluding carboxylic acids is 2. The molecule has 1 aromatic heterocycles. The highest BCUT2D eigenvalue weighted by Crippen LogP contribution is 2.41. The Hall–Kier alpha value is -2.80. The lowest BCUT2D eigenvalue weighted by molar-refractivity contribution is -0.141. The summed E-state index contributed by atoms with van der Waals surface area (Å²) in [7, 11) is 1.91. The van der Waals surface area contributed by atoms with Crippen LogP contribution >= 0.6 is 0 Å². The van der Waals surface area contributed by atoms with Crippen molar-refractivity contribution in [2.24, 2.45) is 0 Å². The van der Waals surface area contributed by atoms with Crippen LogP contribution in [0.3, 0.4) is 0 Å². The molecule has 166 valence electrons. The molecule has 1 saturated heterocycles. The maximum atomic E-state index is 13.3. The minimum atomic E-state index is -0.0976. The highest BCUT2D eigenvalue weighted by atomic mass is 16.3. The number of nitrogens with one attached hydrogen (secondary N) is 1. The van der Waals surface area contributed by atoms with Crippen LogP contribution < -0.4 is 11.1 Å². The van der Waals surface area contributed by atoms with Crippen molar-refractivity contribution in [2.45, 2.75) is 63.7 Å². The van der Waals surface area contributed by atoms with E-state index >= 15 is 0 Å². The quantitative estimate of drug-likeness (QED) is 0.737. The molecule has 7 nitrogen and oxygen atoms in total. The zero-order chi connectivity index (χ0) is 22.1. The number of fused-ring (bicyclic) bond motifs is 1. The highest BCUT2D eigenvalue weighted by molar-refractivity contribution is 5.92. The van der Waals surface area contributed by atoms with Gasteiger partial charge in [0.25, 0.3) is 5.91 Å².